The van der Waals surface area contributed by atoms with Crippen molar-refractivity contribution < 1.29 is 9.59 Å². The number of aromatic nitrogens is 1. The minimum Gasteiger partial charge on any atom is -0.350 e. The van der Waals surface area contributed by atoms with Gasteiger partial charge in [0, 0.05) is 34.1 Å². The van der Waals surface area contributed by atoms with Crippen molar-refractivity contribution in [2.75, 3.05) is 11.9 Å². The summed E-state index contributed by atoms with van der Waals surface area (Å²) in [5, 5.41) is 6.96. The van der Waals surface area contributed by atoms with Crippen LogP contribution in [0.2, 0.25) is 5.02 Å². The molecule has 0 radical (unpaired) electrons. The van der Waals surface area contributed by atoms with Crippen LogP contribution in [0.4, 0.5) is 5.69 Å². The lowest BCUT2D eigenvalue weighted by Crippen LogP contribution is -2.31. The van der Waals surface area contributed by atoms with Gasteiger partial charge in [0.15, 0.2) is 5.11 Å². The lowest BCUT2D eigenvalue weighted by atomic mass is 10.1. The Bertz CT molecular complexity index is 1520. The SMILES string of the molecule is CCc1cccc2c(/C=C3/C(=O)N(c4ccc(Cl)cc4)C(=S)N3C)cn(CC(=O)NCc3cccs3)c12. The lowest BCUT2D eigenvalue weighted by molar-refractivity contribution is -0.121. The van der Waals surface area contributed by atoms with Gasteiger partial charge in [-0.25, -0.2) is 0 Å². The molecule has 0 unspecified atom stereocenters. The van der Waals surface area contributed by atoms with Crippen molar-refractivity contribution in [3.05, 3.63) is 92.9 Å². The number of fused-ring (bicyclic) bond motifs is 1. The summed E-state index contributed by atoms with van der Waals surface area (Å²) in [6, 6.07) is 17.1. The number of thiocarbonyl (C=S) groups is 1. The fourth-order valence-electron chi connectivity index (χ4n) is 4.52. The maximum Gasteiger partial charge on any atom is 0.281 e. The predicted octanol–water partition coefficient (Wildman–Crippen LogP) is 5.84. The average Bonchev–Trinajstić information content (AvgIpc) is 3.59. The third kappa shape index (κ3) is 4.92. The van der Waals surface area contributed by atoms with Crippen LogP contribution >= 0.6 is 35.2 Å². The summed E-state index contributed by atoms with van der Waals surface area (Å²) in [5.41, 5.74) is 4.11. The zero-order valence-corrected chi connectivity index (χ0v) is 22.8. The van der Waals surface area contributed by atoms with E-state index in [1.54, 1.807) is 47.5 Å². The van der Waals surface area contributed by atoms with E-state index in [-0.39, 0.29) is 18.4 Å². The Kier molecular flexibility index (Phi) is 7.15. The number of para-hydroxylation sites is 1. The zero-order chi connectivity index (χ0) is 26.1. The van der Waals surface area contributed by atoms with Crippen molar-refractivity contribution in [2.45, 2.75) is 26.4 Å². The Morgan fingerprint density at radius 3 is 2.62 bits per heavy atom. The molecule has 0 aliphatic carbocycles. The molecule has 0 saturated carbocycles. The molecule has 0 bridgehead atoms. The highest BCUT2D eigenvalue weighted by Gasteiger charge is 2.37. The fraction of sp³-hybridized carbons (Fsp3) is 0.179. The van der Waals surface area contributed by atoms with Crippen LogP contribution < -0.4 is 10.2 Å². The van der Waals surface area contributed by atoms with Crippen molar-refractivity contribution in [1.29, 1.82) is 0 Å². The molecule has 188 valence electrons. The Labute approximate surface area is 229 Å². The number of benzene rings is 2. The molecule has 1 aliphatic rings. The number of nitrogens with one attached hydrogen (secondary N) is 1. The number of thiophene rings is 1. The standard InChI is InChI=1S/C28H25ClN4O2S2/c1-3-18-6-4-8-23-19(16-32(26(18)23)17-25(34)30-15-22-7-5-13-37-22)14-24-27(35)33(28(36)31(24)2)21-11-9-20(29)10-12-21/h4-14,16H,3,15,17H2,1-2H3,(H,30,34)/b24-14-. The number of aryl methyl sites for hydroxylation is 1. The second kappa shape index (κ2) is 10.5. The van der Waals surface area contributed by atoms with E-state index in [1.165, 1.54) is 4.90 Å². The molecule has 37 heavy (non-hydrogen) atoms. The molecule has 4 aromatic rings. The number of nitrogens with zero attached hydrogens (tertiary/aromatic N) is 3. The molecule has 1 fully saturated rings. The summed E-state index contributed by atoms with van der Waals surface area (Å²) >= 11 is 13.3. The van der Waals surface area contributed by atoms with E-state index in [1.807, 2.05) is 46.5 Å². The molecule has 0 atom stereocenters. The summed E-state index contributed by atoms with van der Waals surface area (Å²) < 4.78 is 1.97. The minimum atomic E-state index is -0.212. The average molecular weight is 549 g/mol. The molecule has 5 rings (SSSR count). The Morgan fingerprint density at radius 1 is 1.14 bits per heavy atom. The normalized spacial score (nSPS) is 14.8. The van der Waals surface area contributed by atoms with Gasteiger partial charge < -0.3 is 14.8 Å². The molecule has 1 aliphatic heterocycles. The molecule has 9 heteroatoms. The van der Waals surface area contributed by atoms with Crippen LogP contribution in [0.3, 0.4) is 0 Å². The number of amides is 2. The topological polar surface area (TPSA) is 57.6 Å². The van der Waals surface area contributed by atoms with E-state index in [9.17, 15) is 9.59 Å². The van der Waals surface area contributed by atoms with Crippen LogP contribution in [-0.4, -0.2) is 33.4 Å². The number of hydrogen-bond donors (Lipinski definition) is 1. The molecule has 3 heterocycles. The third-order valence-corrected chi connectivity index (χ3v) is 7.97. The van der Waals surface area contributed by atoms with Crippen LogP contribution in [0.25, 0.3) is 17.0 Å². The highest BCUT2D eigenvalue weighted by Crippen LogP contribution is 2.32. The summed E-state index contributed by atoms with van der Waals surface area (Å²) in [5.74, 6) is -0.282. The van der Waals surface area contributed by atoms with E-state index in [0.717, 1.165) is 33.3 Å². The molecule has 6 nitrogen and oxygen atoms in total. The van der Waals surface area contributed by atoms with Gasteiger partial charge in [0.1, 0.15) is 12.2 Å². The second-order valence-electron chi connectivity index (χ2n) is 8.72. The monoisotopic (exact) mass is 548 g/mol. The summed E-state index contributed by atoms with van der Waals surface area (Å²) in [6.07, 6.45) is 4.62. The second-order valence-corrected chi connectivity index (χ2v) is 10.6. The largest absolute Gasteiger partial charge is 0.350 e. The van der Waals surface area contributed by atoms with Gasteiger partial charge in [0.2, 0.25) is 5.91 Å². The number of halogens is 1. The van der Waals surface area contributed by atoms with Crippen molar-refractivity contribution in [3.8, 4) is 0 Å². The Morgan fingerprint density at radius 2 is 1.92 bits per heavy atom. The third-order valence-electron chi connectivity index (χ3n) is 6.39. The van der Waals surface area contributed by atoms with Gasteiger partial charge in [-0.05, 0) is 66.0 Å². The highest BCUT2D eigenvalue weighted by atomic mass is 35.5. The maximum atomic E-state index is 13.5. The summed E-state index contributed by atoms with van der Waals surface area (Å²) in [6.45, 7) is 2.78. The number of likely N-dealkylation sites (N-methyl/N-ethyl adjacent to an activating group) is 1. The predicted molar refractivity (Wildman–Crippen MR) is 155 cm³/mol. The smallest absolute Gasteiger partial charge is 0.281 e. The molecule has 2 amide bonds. The van der Waals surface area contributed by atoms with Gasteiger partial charge in [0.05, 0.1) is 17.7 Å². The quantitative estimate of drug-likeness (QED) is 0.233. The van der Waals surface area contributed by atoms with E-state index in [4.69, 9.17) is 23.8 Å². The van der Waals surface area contributed by atoms with Crippen LogP contribution in [0, 0.1) is 0 Å². The van der Waals surface area contributed by atoms with E-state index in [0.29, 0.717) is 28.1 Å². The lowest BCUT2D eigenvalue weighted by Gasteiger charge is -2.16. The van der Waals surface area contributed by atoms with Crippen molar-refractivity contribution in [2.24, 2.45) is 0 Å². The van der Waals surface area contributed by atoms with Gasteiger partial charge in [-0.15, -0.1) is 11.3 Å². The van der Waals surface area contributed by atoms with Gasteiger partial charge in [-0.1, -0.05) is 42.8 Å². The van der Waals surface area contributed by atoms with Gasteiger partial charge in [0.25, 0.3) is 5.91 Å². The number of carbonyl (C=O) groups is 2. The maximum absolute atomic E-state index is 13.5. The van der Waals surface area contributed by atoms with E-state index < -0.39 is 0 Å². The molecular weight excluding hydrogens is 524 g/mol. The first-order valence-electron chi connectivity index (χ1n) is 11.9. The highest BCUT2D eigenvalue weighted by molar-refractivity contribution is 7.80. The van der Waals surface area contributed by atoms with Crippen LogP contribution in [0.5, 0.6) is 0 Å². The van der Waals surface area contributed by atoms with Crippen LogP contribution in [0.15, 0.2) is 71.9 Å². The van der Waals surface area contributed by atoms with Crippen molar-refractivity contribution >= 4 is 74.7 Å². The van der Waals surface area contributed by atoms with Gasteiger partial charge >= 0.3 is 0 Å². The van der Waals surface area contributed by atoms with Gasteiger partial charge in [-0.3, -0.25) is 14.5 Å². The fourth-order valence-corrected chi connectivity index (χ4v) is 5.58. The van der Waals surface area contributed by atoms with Crippen LogP contribution in [0.1, 0.15) is 22.9 Å². The van der Waals surface area contributed by atoms with Crippen LogP contribution in [-0.2, 0) is 29.1 Å². The van der Waals surface area contributed by atoms with Gasteiger partial charge in [-0.2, -0.15) is 0 Å². The molecule has 1 saturated heterocycles. The van der Waals surface area contributed by atoms with E-state index >= 15 is 0 Å². The molecule has 2 aromatic carbocycles. The first-order chi connectivity index (χ1) is 17.9. The van der Waals surface area contributed by atoms with Crippen molar-refractivity contribution in [3.63, 3.8) is 0 Å². The number of carbonyl (C=O) groups excluding carboxylic acids is 2. The number of anilines is 1. The molecule has 2 aromatic heterocycles. The molecule has 0 spiro atoms. The Balaban J connectivity index is 1.49. The summed E-state index contributed by atoms with van der Waals surface area (Å²) in [4.78, 5) is 30.6. The summed E-state index contributed by atoms with van der Waals surface area (Å²) in [7, 11) is 1.79. The Hall–Kier alpha value is -3.46. The first-order valence-corrected chi connectivity index (χ1v) is 13.5. The van der Waals surface area contributed by atoms with E-state index in [2.05, 4.69) is 18.3 Å². The zero-order valence-electron chi connectivity index (χ0n) is 20.4. The van der Waals surface area contributed by atoms with Crippen molar-refractivity contribution in [1.82, 2.24) is 14.8 Å². The minimum absolute atomic E-state index is 0.0699. The number of rotatable bonds is 7. The molecule has 1 N–H and O–H groups in total. The molecular formula is C28H25ClN4O2S2. The number of hydrogen-bond acceptors (Lipinski definition) is 4. The first kappa shape index (κ1) is 25.2.